The second-order valence-corrected chi connectivity index (χ2v) is 4.22. The molecule has 0 unspecified atom stereocenters. The molecule has 1 aromatic carbocycles. The van der Waals surface area contributed by atoms with E-state index >= 15 is 0 Å². The van der Waals surface area contributed by atoms with Crippen LogP contribution in [0.1, 0.15) is 12.8 Å². The average molecular weight is 275 g/mol. The van der Waals surface area contributed by atoms with Gasteiger partial charge in [-0.15, -0.1) is 0 Å². The van der Waals surface area contributed by atoms with E-state index in [1.54, 1.807) is 0 Å². The molecular weight excluding hydrogens is 266 g/mol. The maximum Gasteiger partial charge on any atom is 0.150 e. The summed E-state index contributed by atoms with van der Waals surface area (Å²) < 4.78 is 27.1. The van der Waals surface area contributed by atoms with E-state index in [-0.39, 0.29) is 5.69 Å². The number of amidine groups is 1. The summed E-state index contributed by atoms with van der Waals surface area (Å²) in [7, 11) is 0. The quantitative estimate of drug-likeness (QED) is 0.835. The number of halogens is 3. The van der Waals surface area contributed by atoms with Crippen molar-refractivity contribution >= 4 is 27.5 Å². The van der Waals surface area contributed by atoms with Gasteiger partial charge in [-0.3, -0.25) is 4.99 Å². The van der Waals surface area contributed by atoms with Crippen LogP contribution in [0.2, 0.25) is 0 Å². The highest BCUT2D eigenvalue weighted by Gasteiger charge is 2.14. The van der Waals surface area contributed by atoms with Crippen LogP contribution in [-0.4, -0.2) is 12.4 Å². The SMILES string of the molecule is Fc1cc(Br)cc(F)c1NC1=NCCC1. The zero-order valence-corrected chi connectivity index (χ0v) is 9.44. The highest BCUT2D eigenvalue weighted by atomic mass is 79.9. The lowest BCUT2D eigenvalue weighted by Crippen LogP contribution is -2.11. The Morgan fingerprint density at radius 2 is 1.93 bits per heavy atom. The Bertz CT molecular complexity index is 395. The van der Waals surface area contributed by atoms with E-state index < -0.39 is 11.6 Å². The Morgan fingerprint density at radius 3 is 2.47 bits per heavy atom. The van der Waals surface area contributed by atoms with Crippen LogP contribution < -0.4 is 5.32 Å². The average Bonchev–Trinajstić information content (AvgIpc) is 2.63. The van der Waals surface area contributed by atoms with Crippen LogP contribution in [0, 0.1) is 11.6 Å². The minimum Gasteiger partial charge on any atom is -0.339 e. The number of anilines is 1. The number of aliphatic imine (C=N–C) groups is 1. The van der Waals surface area contributed by atoms with Gasteiger partial charge in [0.05, 0.1) is 0 Å². The Hall–Kier alpha value is -0.970. The van der Waals surface area contributed by atoms with Crippen LogP contribution in [0.5, 0.6) is 0 Å². The predicted molar refractivity (Wildman–Crippen MR) is 59.2 cm³/mol. The molecule has 1 N–H and O–H groups in total. The molecule has 0 bridgehead atoms. The van der Waals surface area contributed by atoms with Crippen molar-refractivity contribution in [3.63, 3.8) is 0 Å². The van der Waals surface area contributed by atoms with E-state index in [1.165, 1.54) is 12.1 Å². The molecule has 1 aliphatic heterocycles. The van der Waals surface area contributed by atoms with E-state index in [0.29, 0.717) is 10.3 Å². The molecule has 80 valence electrons. The second-order valence-electron chi connectivity index (χ2n) is 3.30. The Balaban J connectivity index is 2.27. The van der Waals surface area contributed by atoms with E-state index in [0.717, 1.165) is 19.4 Å². The molecule has 1 aromatic rings. The first-order valence-electron chi connectivity index (χ1n) is 4.62. The maximum absolute atomic E-state index is 13.4. The molecule has 0 saturated heterocycles. The molecule has 0 spiro atoms. The van der Waals surface area contributed by atoms with Gasteiger partial charge in [-0.25, -0.2) is 8.78 Å². The minimum absolute atomic E-state index is 0.126. The van der Waals surface area contributed by atoms with Gasteiger partial charge in [0, 0.05) is 17.4 Å². The van der Waals surface area contributed by atoms with Crippen molar-refractivity contribution in [1.29, 1.82) is 0 Å². The van der Waals surface area contributed by atoms with Crippen molar-refractivity contribution in [3.05, 3.63) is 28.2 Å². The number of hydrogen-bond acceptors (Lipinski definition) is 2. The monoisotopic (exact) mass is 274 g/mol. The molecule has 0 amide bonds. The topological polar surface area (TPSA) is 24.4 Å². The van der Waals surface area contributed by atoms with Crippen LogP contribution in [0.4, 0.5) is 14.5 Å². The number of rotatable bonds is 1. The van der Waals surface area contributed by atoms with Gasteiger partial charge in [0.1, 0.15) is 11.5 Å². The van der Waals surface area contributed by atoms with Crippen LogP contribution >= 0.6 is 15.9 Å². The number of nitrogens with zero attached hydrogens (tertiary/aromatic N) is 1. The molecular formula is C10H9BrF2N2. The van der Waals surface area contributed by atoms with Crippen LogP contribution in [0.3, 0.4) is 0 Å². The Morgan fingerprint density at radius 1 is 1.27 bits per heavy atom. The Labute approximate surface area is 94.5 Å². The number of hydrogen-bond donors (Lipinski definition) is 1. The first-order chi connectivity index (χ1) is 7.16. The molecule has 5 heteroatoms. The summed E-state index contributed by atoms with van der Waals surface area (Å²) in [5.74, 6) is -0.580. The first kappa shape index (κ1) is 10.5. The molecule has 0 atom stereocenters. The smallest absolute Gasteiger partial charge is 0.150 e. The molecule has 0 fully saturated rings. The van der Waals surface area contributed by atoms with Gasteiger partial charge in [-0.05, 0) is 18.6 Å². The summed E-state index contributed by atoms with van der Waals surface area (Å²) >= 11 is 3.02. The van der Waals surface area contributed by atoms with Crippen LogP contribution in [0.15, 0.2) is 21.6 Å². The summed E-state index contributed by atoms with van der Waals surface area (Å²) in [6.45, 7) is 0.724. The van der Waals surface area contributed by atoms with Crippen molar-refractivity contribution in [3.8, 4) is 0 Å². The van der Waals surface area contributed by atoms with Gasteiger partial charge in [0.25, 0.3) is 0 Å². The molecule has 1 aliphatic rings. The van der Waals surface area contributed by atoms with Gasteiger partial charge in [0.2, 0.25) is 0 Å². The van der Waals surface area contributed by atoms with Crippen molar-refractivity contribution in [2.45, 2.75) is 12.8 Å². The zero-order valence-electron chi connectivity index (χ0n) is 7.86. The van der Waals surface area contributed by atoms with Crippen molar-refractivity contribution in [2.75, 3.05) is 11.9 Å². The third-order valence-electron chi connectivity index (χ3n) is 2.15. The lowest BCUT2D eigenvalue weighted by molar-refractivity contribution is 0.589. The molecule has 0 aromatic heterocycles. The third kappa shape index (κ3) is 2.34. The molecule has 1 heterocycles. The predicted octanol–water partition coefficient (Wildman–Crippen LogP) is 3.33. The normalized spacial score (nSPS) is 15.3. The number of nitrogens with one attached hydrogen (secondary N) is 1. The van der Waals surface area contributed by atoms with Crippen molar-refractivity contribution in [2.24, 2.45) is 4.99 Å². The highest BCUT2D eigenvalue weighted by Crippen LogP contribution is 2.24. The fraction of sp³-hybridized carbons (Fsp3) is 0.300. The summed E-state index contributed by atoms with van der Waals surface area (Å²) in [6, 6.07) is 2.45. The summed E-state index contributed by atoms with van der Waals surface area (Å²) in [5, 5.41) is 2.68. The highest BCUT2D eigenvalue weighted by molar-refractivity contribution is 9.10. The summed E-state index contributed by atoms with van der Waals surface area (Å²) in [6.07, 6.45) is 1.68. The molecule has 2 nitrogen and oxygen atoms in total. The lowest BCUT2D eigenvalue weighted by Gasteiger charge is -2.08. The molecule has 2 rings (SSSR count). The van der Waals surface area contributed by atoms with Crippen molar-refractivity contribution < 1.29 is 8.78 Å². The van der Waals surface area contributed by atoms with E-state index in [1.807, 2.05) is 0 Å². The van der Waals surface area contributed by atoms with Gasteiger partial charge < -0.3 is 5.32 Å². The third-order valence-corrected chi connectivity index (χ3v) is 2.61. The van der Waals surface area contributed by atoms with Crippen LogP contribution in [0.25, 0.3) is 0 Å². The molecule has 0 radical (unpaired) electrons. The molecule has 0 aliphatic carbocycles. The van der Waals surface area contributed by atoms with Crippen LogP contribution in [-0.2, 0) is 0 Å². The van der Waals surface area contributed by atoms with Crippen molar-refractivity contribution in [1.82, 2.24) is 0 Å². The minimum atomic E-state index is -0.614. The Kier molecular flexibility index (Phi) is 3.00. The second kappa shape index (κ2) is 4.26. The van der Waals surface area contributed by atoms with E-state index in [2.05, 4.69) is 26.2 Å². The van der Waals surface area contributed by atoms with Gasteiger partial charge in [-0.1, -0.05) is 15.9 Å². The van der Waals surface area contributed by atoms with Gasteiger partial charge in [-0.2, -0.15) is 0 Å². The van der Waals surface area contributed by atoms with E-state index in [4.69, 9.17) is 0 Å². The zero-order chi connectivity index (χ0) is 10.8. The standard InChI is InChI=1S/C10H9BrF2N2/c11-6-4-7(12)10(8(13)5-6)15-9-2-1-3-14-9/h4-5H,1-3H2,(H,14,15). The van der Waals surface area contributed by atoms with E-state index in [9.17, 15) is 8.78 Å². The molecule has 0 saturated carbocycles. The maximum atomic E-state index is 13.4. The fourth-order valence-electron chi connectivity index (χ4n) is 1.45. The largest absolute Gasteiger partial charge is 0.339 e. The number of benzene rings is 1. The van der Waals surface area contributed by atoms with Gasteiger partial charge in [0.15, 0.2) is 11.6 Å². The van der Waals surface area contributed by atoms with Gasteiger partial charge >= 0.3 is 0 Å². The first-order valence-corrected chi connectivity index (χ1v) is 5.41. The summed E-state index contributed by atoms with van der Waals surface area (Å²) in [4.78, 5) is 4.10. The lowest BCUT2D eigenvalue weighted by atomic mass is 10.2. The summed E-state index contributed by atoms with van der Waals surface area (Å²) in [5.41, 5.74) is -0.126. The fourth-order valence-corrected chi connectivity index (χ4v) is 1.85. The molecule has 15 heavy (non-hydrogen) atoms.